The monoisotopic (exact) mass is 340 g/mol. The van der Waals surface area contributed by atoms with E-state index < -0.39 is 11.9 Å². The van der Waals surface area contributed by atoms with Crippen molar-refractivity contribution in [3.63, 3.8) is 0 Å². The summed E-state index contributed by atoms with van der Waals surface area (Å²) < 4.78 is 10.8. The summed E-state index contributed by atoms with van der Waals surface area (Å²) in [6.07, 6.45) is 0. The lowest BCUT2D eigenvalue weighted by molar-refractivity contribution is 0.0964. The number of hydrogen-bond donors (Lipinski definition) is 2. The highest BCUT2D eigenvalue weighted by molar-refractivity contribution is 6.08. The summed E-state index contributed by atoms with van der Waals surface area (Å²) >= 11 is 0. The lowest BCUT2D eigenvalue weighted by Gasteiger charge is -2.18. The smallest absolute Gasteiger partial charge is 0.326 e. The Morgan fingerprint density at radius 3 is 2.44 bits per heavy atom. The van der Waals surface area contributed by atoms with Crippen molar-refractivity contribution in [3.8, 4) is 11.5 Å². The summed E-state index contributed by atoms with van der Waals surface area (Å²) in [5.41, 5.74) is 1.16. The summed E-state index contributed by atoms with van der Waals surface area (Å²) in [6, 6.07) is 10.5. The highest BCUT2D eigenvalue weighted by atomic mass is 16.6. The van der Waals surface area contributed by atoms with Crippen LogP contribution in [-0.4, -0.2) is 30.9 Å². The number of imide groups is 1. The highest BCUT2D eigenvalue weighted by Gasteiger charge is 2.16. The third-order valence-corrected chi connectivity index (χ3v) is 3.56. The Kier molecular flexibility index (Phi) is 4.65. The van der Waals surface area contributed by atoms with Crippen LogP contribution in [0.2, 0.25) is 0 Å². The number of fused-ring (bicyclic) bond motifs is 1. The van der Waals surface area contributed by atoms with E-state index >= 15 is 0 Å². The minimum atomic E-state index is -0.694. The molecule has 0 atom stereocenters. The minimum absolute atomic E-state index is 0.114. The van der Waals surface area contributed by atoms with Crippen LogP contribution in [0.5, 0.6) is 11.5 Å². The first kappa shape index (κ1) is 16.5. The number of hydrogen-bond acceptors (Lipinski definition) is 5. The molecule has 2 aromatic rings. The first-order valence-corrected chi connectivity index (χ1v) is 7.66. The number of Topliss-reactive ketones (excluding diaryl/α,β-unsaturated/α-hetero) is 1. The lowest BCUT2D eigenvalue weighted by atomic mass is 10.1. The molecular weight excluding hydrogens is 324 g/mol. The zero-order valence-corrected chi connectivity index (χ0v) is 13.5. The number of carbonyl (C=O) groups is 3. The van der Waals surface area contributed by atoms with Crippen LogP contribution in [0.25, 0.3) is 0 Å². The van der Waals surface area contributed by atoms with E-state index in [0.717, 1.165) is 0 Å². The van der Waals surface area contributed by atoms with E-state index in [9.17, 15) is 14.4 Å². The van der Waals surface area contributed by atoms with Crippen LogP contribution in [0.15, 0.2) is 42.5 Å². The molecule has 1 heterocycles. The normalized spacial score (nSPS) is 12.2. The van der Waals surface area contributed by atoms with Gasteiger partial charge in [-0.05, 0) is 37.3 Å². The maximum absolute atomic E-state index is 12.2. The van der Waals surface area contributed by atoms with E-state index in [1.807, 2.05) is 0 Å². The molecule has 2 aromatic carbocycles. The highest BCUT2D eigenvalue weighted by Crippen LogP contribution is 2.30. The van der Waals surface area contributed by atoms with E-state index in [-0.39, 0.29) is 11.3 Å². The minimum Gasteiger partial charge on any atom is -0.486 e. The number of benzene rings is 2. The van der Waals surface area contributed by atoms with Crippen LogP contribution in [0.3, 0.4) is 0 Å². The van der Waals surface area contributed by atoms with E-state index in [4.69, 9.17) is 9.47 Å². The van der Waals surface area contributed by atoms with E-state index in [1.165, 1.54) is 19.1 Å². The fourth-order valence-corrected chi connectivity index (χ4v) is 2.34. The molecule has 3 amide bonds. The van der Waals surface area contributed by atoms with E-state index in [2.05, 4.69) is 10.6 Å². The molecule has 7 heteroatoms. The zero-order valence-electron chi connectivity index (χ0n) is 13.5. The molecule has 3 rings (SSSR count). The molecule has 0 spiro atoms. The van der Waals surface area contributed by atoms with Gasteiger partial charge in [0.2, 0.25) is 0 Å². The maximum atomic E-state index is 12.2. The zero-order chi connectivity index (χ0) is 17.8. The average molecular weight is 340 g/mol. The van der Waals surface area contributed by atoms with Gasteiger partial charge in [-0.15, -0.1) is 0 Å². The molecule has 2 N–H and O–H groups in total. The summed E-state index contributed by atoms with van der Waals surface area (Å²) in [5, 5.41) is 4.75. The Labute approximate surface area is 143 Å². The van der Waals surface area contributed by atoms with Crippen LogP contribution < -0.4 is 20.1 Å². The largest absolute Gasteiger partial charge is 0.486 e. The van der Waals surface area contributed by atoms with Gasteiger partial charge in [0.25, 0.3) is 5.91 Å². The van der Waals surface area contributed by atoms with Gasteiger partial charge in [-0.2, -0.15) is 0 Å². The van der Waals surface area contributed by atoms with E-state index in [1.54, 1.807) is 30.3 Å². The molecule has 0 aromatic heterocycles. The fraction of sp³-hybridized carbons (Fsp3) is 0.167. The number of ether oxygens (including phenoxy) is 2. The Balaban J connectivity index is 1.65. The Hall–Kier alpha value is -3.35. The van der Waals surface area contributed by atoms with Crippen molar-refractivity contribution in [2.45, 2.75) is 6.92 Å². The van der Waals surface area contributed by atoms with Crippen LogP contribution in [-0.2, 0) is 0 Å². The van der Waals surface area contributed by atoms with Crippen molar-refractivity contribution in [1.82, 2.24) is 5.32 Å². The third kappa shape index (κ3) is 3.95. The molecular formula is C18H16N2O5. The molecule has 0 fully saturated rings. The van der Waals surface area contributed by atoms with Crippen LogP contribution in [0.4, 0.5) is 10.5 Å². The van der Waals surface area contributed by atoms with Crippen molar-refractivity contribution in [3.05, 3.63) is 53.6 Å². The fourth-order valence-electron chi connectivity index (χ4n) is 2.34. The molecule has 25 heavy (non-hydrogen) atoms. The predicted octanol–water partition coefficient (Wildman–Crippen LogP) is 2.62. The molecule has 1 aliphatic rings. The van der Waals surface area contributed by atoms with Gasteiger partial charge in [0.05, 0.1) is 0 Å². The lowest BCUT2D eigenvalue weighted by Crippen LogP contribution is -2.34. The third-order valence-electron chi connectivity index (χ3n) is 3.56. The Bertz CT molecular complexity index is 847. The molecule has 0 bridgehead atoms. The second-order valence-corrected chi connectivity index (χ2v) is 5.40. The molecule has 0 saturated carbocycles. The first-order valence-electron chi connectivity index (χ1n) is 7.66. The number of rotatable bonds is 3. The molecule has 0 saturated heterocycles. The number of nitrogens with one attached hydrogen (secondary N) is 2. The number of urea groups is 1. The van der Waals surface area contributed by atoms with Crippen LogP contribution >= 0.6 is 0 Å². The molecule has 1 aliphatic heterocycles. The van der Waals surface area contributed by atoms with Gasteiger partial charge in [0, 0.05) is 16.8 Å². The second-order valence-electron chi connectivity index (χ2n) is 5.40. The standard InChI is InChI=1S/C18H16N2O5/c1-11(21)12-3-2-4-14(9-12)19-18(23)20-17(22)13-5-6-15-16(10-13)25-8-7-24-15/h2-6,9-10H,7-8H2,1H3,(H2,19,20,22,23). The quantitative estimate of drug-likeness (QED) is 0.838. The number of anilines is 1. The first-order chi connectivity index (χ1) is 12.0. The van der Waals surface area contributed by atoms with Crippen LogP contribution in [0.1, 0.15) is 27.6 Å². The van der Waals surface area contributed by atoms with Crippen molar-refractivity contribution < 1.29 is 23.9 Å². The van der Waals surface area contributed by atoms with Crippen molar-refractivity contribution in [1.29, 1.82) is 0 Å². The molecule has 0 unspecified atom stereocenters. The van der Waals surface area contributed by atoms with Gasteiger partial charge in [0.1, 0.15) is 13.2 Å². The van der Waals surface area contributed by atoms with Gasteiger partial charge in [-0.1, -0.05) is 12.1 Å². The number of carbonyl (C=O) groups excluding carboxylic acids is 3. The van der Waals surface area contributed by atoms with Gasteiger partial charge in [-0.25, -0.2) is 4.79 Å². The predicted molar refractivity (Wildman–Crippen MR) is 90.4 cm³/mol. The molecule has 7 nitrogen and oxygen atoms in total. The summed E-state index contributed by atoms with van der Waals surface area (Å²) in [7, 11) is 0. The average Bonchev–Trinajstić information content (AvgIpc) is 2.61. The van der Waals surface area contributed by atoms with Crippen LogP contribution in [0, 0.1) is 0 Å². The second kappa shape index (κ2) is 7.04. The maximum Gasteiger partial charge on any atom is 0.326 e. The SMILES string of the molecule is CC(=O)c1cccc(NC(=O)NC(=O)c2ccc3c(c2)OCCO3)c1. The topological polar surface area (TPSA) is 93.7 Å². The molecule has 0 radical (unpaired) electrons. The summed E-state index contributed by atoms with van der Waals surface area (Å²) in [6.45, 7) is 2.30. The molecule has 128 valence electrons. The van der Waals surface area contributed by atoms with Crippen molar-refractivity contribution in [2.24, 2.45) is 0 Å². The summed E-state index contributed by atoms with van der Waals surface area (Å²) in [5.74, 6) is 0.343. The molecule has 0 aliphatic carbocycles. The van der Waals surface area contributed by atoms with Crippen molar-refractivity contribution in [2.75, 3.05) is 18.5 Å². The van der Waals surface area contributed by atoms with Gasteiger partial charge < -0.3 is 14.8 Å². The Morgan fingerprint density at radius 1 is 0.920 bits per heavy atom. The summed E-state index contributed by atoms with van der Waals surface area (Å²) in [4.78, 5) is 35.5. The van der Waals surface area contributed by atoms with E-state index in [0.29, 0.717) is 36.0 Å². The Morgan fingerprint density at radius 2 is 1.68 bits per heavy atom. The van der Waals surface area contributed by atoms with Gasteiger partial charge in [-0.3, -0.25) is 14.9 Å². The van der Waals surface area contributed by atoms with Crippen molar-refractivity contribution >= 4 is 23.4 Å². The van der Waals surface area contributed by atoms with Gasteiger partial charge >= 0.3 is 6.03 Å². The number of ketones is 1. The van der Waals surface area contributed by atoms with Gasteiger partial charge in [0.15, 0.2) is 17.3 Å². The number of amides is 3.